The van der Waals surface area contributed by atoms with Crippen molar-refractivity contribution in [2.75, 3.05) is 22.7 Å². The number of benzene rings is 1. The number of nitrogens with zero attached hydrogens (tertiary/aromatic N) is 5. The molecule has 0 saturated heterocycles. The highest BCUT2D eigenvalue weighted by Gasteiger charge is 2.08. The first-order chi connectivity index (χ1) is 13.7. The highest BCUT2D eigenvalue weighted by Crippen LogP contribution is 2.23. The number of anilines is 4. The van der Waals surface area contributed by atoms with Gasteiger partial charge in [0.2, 0.25) is 0 Å². The number of nitrogens with two attached hydrogens (primary N) is 1. The number of hydrogen-bond donors (Lipinski definition) is 5. The van der Waals surface area contributed by atoms with Crippen molar-refractivity contribution in [2.24, 2.45) is 5.84 Å². The summed E-state index contributed by atoms with van der Waals surface area (Å²) in [6.45, 7) is 1.02. The van der Waals surface area contributed by atoms with Crippen LogP contribution >= 0.6 is 11.3 Å². The fourth-order valence-electron chi connectivity index (χ4n) is 2.67. The second-order valence-corrected chi connectivity index (χ2v) is 6.83. The molecule has 0 amide bonds. The molecular formula is C17H19N9OS. The monoisotopic (exact) mass is 397 g/mol. The third-order valence-corrected chi connectivity index (χ3v) is 4.79. The molecule has 1 aromatic carbocycles. The van der Waals surface area contributed by atoms with Gasteiger partial charge in [-0.05, 0) is 17.7 Å². The standard InChI is InChI=1S/C17H19N9OS/c18-25-17-16(19-6-11-1-2-13-14(5-11)28-10-21-13)24-15(8-20-17)23-12-7-22-26(9-12)3-4-27/h1-2,5,7-10,27H,3-4,6,18H2,(H,20,25)(H2,19,23,24). The number of thiazole rings is 1. The highest BCUT2D eigenvalue weighted by atomic mass is 32.1. The van der Waals surface area contributed by atoms with Gasteiger partial charge in [0.1, 0.15) is 0 Å². The van der Waals surface area contributed by atoms with Gasteiger partial charge < -0.3 is 21.2 Å². The maximum absolute atomic E-state index is 8.98. The zero-order chi connectivity index (χ0) is 19.3. The van der Waals surface area contributed by atoms with E-state index in [-0.39, 0.29) is 6.61 Å². The first-order valence-electron chi connectivity index (χ1n) is 8.55. The minimum atomic E-state index is 0.0270. The second-order valence-electron chi connectivity index (χ2n) is 5.95. The topological polar surface area (TPSA) is 139 Å². The van der Waals surface area contributed by atoms with Crippen LogP contribution in [0.25, 0.3) is 10.2 Å². The van der Waals surface area contributed by atoms with Crippen molar-refractivity contribution in [1.82, 2.24) is 24.7 Å². The number of hydrogen-bond acceptors (Lipinski definition) is 10. The molecule has 3 heterocycles. The van der Waals surface area contributed by atoms with E-state index in [1.807, 2.05) is 17.6 Å². The van der Waals surface area contributed by atoms with Gasteiger partial charge in [-0.15, -0.1) is 11.3 Å². The molecule has 0 atom stereocenters. The van der Waals surface area contributed by atoms with Gasteiger partial charge in [0.25, 0.3) is 0 Å². The minimum absolute atomic E-state index is 0.0270. The van der Waals surface area contributed by atoms with Crippen LogP contribution in [-0.2, 0) is 13.1 Å². The molecule has 0 bridgehead atoms. The molecule has 3 aromatic heterocycles. The Bertz CT molecular complexity index is 1080. The van der Waals surface area contributed by atoms with E-state index >= 15 is 0 Å². The van der Waals surface area contributed by atoms with Crippen LogP contribution in [0, 0.1) is 0 Å². The molecule has 0 unspecified atom stereocenters. The predicted molar refractivity (Wildman–Crippen MR) is 109 cm³/mol. The summed E-state index contributed by atoms with van der Waals surface area (Å²) in [5, 5.41) is 19.5. The second kappa shape index (κ2) is 8.17. The van der Waals surface area contributed by atoms with E-state index in [4.69, 9.17) is 10.9 Å². The molecule has 0 fully saturated rings. The summed E-state index contributed by atoms with van der Waals surface area (Å²) in [4.78, 5) is 13.1. The normalized spacial score (nSPS) is 10.9. The first-order valence-corrected chi connectivity index (χ1v) is 9.43. The van der Waals surface area contributed by atoms with Crippen molar-refractivity contribution in [3.05, 3.63) is 47.9 Å². The maximum atomic E-state index is 8.98. The molecule has 0 aliphatic rings. The molecule has 4 rings (SSSR count). The van der Waals surface area contributed by atoms with Gasteiger partial charge in [-0.1, -0.05) is 6.07 Å². The Morgan fingerprint density at radius 1 is 1.18 bits per heavy atom. The Morgan fingerprint density at radius 2 is 2.11 bits per heavy atom. The van der Waals surface area contributed by atoms with Gasteiger partial charge >= 0.3 is 0 Å². The number of fused-ring (bicyclic) bond motifs is 1. The fraction of sp³-hybridized carbons (Fsp3) is 0.176. The number of hydrazine groups is 1. The Kier molecular flexibility index (Phi) is 5.28. The van der Waals surface area contributed by atoms with Crippen LogP contribution in [0.2, 0.25) is 0 Å². The first kappa shape index (κ1) is 18.1. The zero-order valence-corrected chi connectivity index (χ0v) is 15.6. The number of aromatic nitrogens is 5. The van der Waals surface area contributed by atoms with Gasteiger partial charge in [-0.2, -0.15) is 5.10 Å². The van der Waals surface area contributed by atoms with Crippen LogP contribution in [0.15, 0.2) is 42.3 Å². The number of rotatable bonds is 8. The molecule has 10 nitrogen and oxygen atoms in total. The van der Waals surface area contributed by atoms with Crippen LogP contribution < -0.4 is 21.9 Å². The third kappa shape index (κ3) is 4.01. The molecule has 0 saturated carbocycles. The quantitative estimate of drug-likeness (QED) is 0.223. The Morgan fingerprint density at radius 3 is 2.96 bits per heavy atom. The lowest BCUT2D eigenvalue weighted by Gasteiger charge is -2.12. The summed E-state index contributed by atoms with van der Waals surface area (Å²) >= 11 is 1.61. The summed E-state index contributed by atoms with van der Waals surface area (Å²) in [7, 11) is 0. The van der Waals surface area contributed by atoms with Crippen molar-refractivity contribution in [2.45, 2.75) is 13.1 Å². The van der Waals surface area contributed by atoms with Crippen LogP contribution in [0.4, 0.5) is 23.1 Å². The number of aliphatic hydroxyl groups excluding tert-OH is 1. The number of nitrogen functional groups attached to an aromatic ring is 1. The van der Waals surface area contributed by atoms with E-state index in [0.717, 1.165) is 21.5 Å². The smallest absolute Gasteiger partial charge is 0.183 e. The molecule has 144 valence electrons. The summed E-state index contributed by atoms with van der Waals surface area (Å²) < 4.78 is 2.78. The van der Waals surface area contributed by atoms with E-state index in [1.165, 1.54) is 0 Å². The van der Waals surface area contributed by atoms with Crippen molar-refractivity contribution in [3.63, 3.8) is 0 Å². The van der Waals surface area contributed by atoms with Crippen molar-refractivity contribution >= 4 is 44.7 Å². The molecule has 28 heavy (non-hydrogen) atoms. The summed E-state index contributed by atoms with van der Waals surface area (Å²) in [5.41, 5.74) is 7.23. The van der Waals surface area contributed by atoms with E-state index < -0.39 is 0 Å². The molecular weight excluding hydrogens is 378 g/mol. The van der Waals surface area contributed by atoms with Gasteiger partial charge in [0.05, 0.1) is 47.0 Å². The molecule has 6 N–H and O–H groups in total. The van der Waals surface area contributed by atoms with Crippen LogP contribution in [0.5, 0.6) is 0 Å². The van der Waals surface area contributed by atoms with E-state index in [0.29, 0.717) is 30.5 Å². The van der Waals surface area contributed by atoms with Crippen molar-refractivity contribution in [3.8, 4) is 0 Å². The number of nitrogens with one attached hydrogen (secondary N) is 3. The summed E-state index contributed by atoms with van der Waals surface area (Å²) in [6.07, 6.45) is 5.02. The van der Waals surface area contributed by atoms with Crippen molar-refractivity contribution in [1.29, 1.82) is 0 Å². The maximum Gasteiger partial charge on any atom is 0.183 e. The van der Waals surface area contributed by atoms with Gasteiger partial charge in [0.15, 0.2) is 17.5 Å². The molecule has 11 heteroatoms. The lowest BCUT2D eigenvalue weighted by atomic mass is 10.2. The van der Waals surface area contributed by atoms with E-state index in [2.05, 4.69) is 42.2 Å². The largest absolute Gasteiger partial charge is 0.394 e. The van der Waals surface area contributed by atoms with Gasteiger partial charge in [-0.3, -0.25) is 4.68 Å². The Balaban J connectivity index is 1.49. The predicted octanol–water partition coefficient (Wildman–Crippen LogP) is 1.92. The van der Waals surface area contributed by atoms with Crippen LogP contribution in [0.3, 0.4) is 0 Å². The summed E-state index contributed by atoms with van der Waals surface area (Å²) in [6, 6.07) is 6.12. The fourth-order valence-corrected chi connectivity index (χ4v) is 3.41. The van der Waals surface area contributed by atoms with E-state index in [1.54, 1.807) is 34.6 Å². The molecule has 0 aliphatic heterocycles. The molecule has 0 aliphatic carbocycles. The van der Waals surface area contributed by atoms with Crippen LogP contribution in [-0.4, -0.2) is 36.4 Å². The molecule has 0 radical (unpaired) electrons. The molecule has 4 aromatic rings. The van der Waals surface area contributed by atoms with Crippen molar-refractivity contribution < 1.29 is 5.11 Å². The Labute approximate surface area is 164 Å². The lowest BCUT2D eigenvalue weighted by molar-refractivity contribution is 0.269. The highest BCUT2D eigenvalue weighted by molar-refractivity contribution is 7.16. The Hall–Kier alpha value is -3.28. The van der Waals surface area contributed by atoms with E-state index in [9.17, 15) is 0 Å². The van der Waals surface area contributed by atoms with Gasteiger partial charge in [0, 0.05) is 12.7 Å². The average Bonchev–Trinajstić information content (AvgIpc) is 3.35. The zero-order valence-electron chi connectivity index (χ0n) is 14.8. The van der Waals surface area contributed by atoms with Gasteiger partial charge in [-0.25, -0.2) is 20.8 Å². The number of aliphatic hydroxyl groups is 1. The minimum Gasteiger partial charge on any atom is -0.394 e. The summed E-state index contributed by atoms with van der Waals surface area (Å²) in [5.74, 6) is 7.08. The SMILES string of the molecule is NNc1ncc(Nc2cnn(CCO)c2)nc1NCc1ccc2ncsc2c1. The van der Waals surface area contributed by atoms with Crippen LogP contribution in [0.1, 0.15) is 5.56 Å². The average molecular weight is 397 g/mol. The molecule has 0 spiro atoms. The lowest BCUT2D eigenvalue weighted by Crippen LogP contribution is -2.14. The third-order valence-electron chi connectivity index (χ3n) is 4.00.